The lowest BCUT2D eigenvalue weighted by Gasteiger charge is -2.20. The molecule has 0 bridgehead atoms. The van der Waals surface area contributed by atoms with Crippen LogP contribution in [-0.2, 0) is 4.79 Å². The molecule has 0 saturated carbocycles. The Morgan fingerprint density at radius 1 is 0.920 bits per heavy atom. The van der Waals surface area contributed by atoms with Gasteiger partial charge in [-0.3, -0.25) is 4.79 Å². The van der Waals surface area contributed by atoms with Crippen molar-refractivity contribution in [1.82, 2.24) is 10.6 Å². The van der Waals surface area contributed by atoms with Gasteiger partial charge in [-0.2, -0.15) is 0 Å². The standard InChI is InChI=1S/C21H28N2O2/c1-21(2,3)23-15-7-14-22-20(24)16-25-19-12-10-18(11-13-19)17-8-5-4-6-9-17/h4-6,8-13,23H,7,14-16H2,1-3H3,(H,22,24). The fourth-order valence-electron chi connectivity index (χ4n) is 2.35. The zero-order chi connectivity index (χ0) is 18.1. The average molecular weight is 340 g/mol. The van der Waals surface area contributed by atoms with E-state index in [4.69, 9.17) is 4.74 Å². The Morgan fingerprint density at radius 3 is 2.20 bits per heavy atom. The maximum atomic E-state index is 11.8. The normalized spacial score (nSPS) is 11.2. The molecule has 0 heterocycles. The number of carbonyl (C=O) groups excluding carboxylic acids is 1. The molecule has 0 aliphatic heterocycles. The molecule has 1 amide bonds. The van der Waals surface area contributed by atoms with Crippen molar-refractivity contribution in [3.05, 3.63) is 54.6 Å². The molecule has 0 atom stereocenters. The summed E-state index contributed by atoms with van der Waals surface area (Å²) in [4.78, 5) is 11.8. The van der Waals surface area contributed by atoms with E-state index in [-0.39, 0.29) is 18.1 Å². The molecule has 2 rings (SSSR count). The highest BCUT2D eigenvalue weighted by Gasteiger charge is 2.07. The van der Waals surface area contributed by atoms with Gasteiger partial charge in [-0.1, -0.05) is 42.5 Å². The van der Waals surface area contributed by atoms with Crippen LogP contribution in [0.2, 0.25) is 0 Å². The van der Waals surface area contributed by atoms with Crippen LogP contribution >= 0.6 is 0 Å². The van der Waals surface area contributed by atoms with E-state index in [2.05, 4.69) is 43.5 Å². The van der Waals surface area contributed by atoms with Gasteiger partial charge in [0, 0.05) is 12.1 Å². The van der Waals surface area contributed by atoms with Crippen LogP contribution in [0.15, 0.2) is 54.6 Å². The number of amides is 1. The highest BCUT2D eigenvalue weighted by atomic mass is 16.5. The van der Waals surface area contributed by atoms with Crippen LogP contribution in [-0.4, -0.2) is 31.1 Å². The molecule has 25 heavy (non-hydrogen) atoms. The van der Waals surface area contributed by atoms with Gasteiger partial charge in [0.2, 0.25) is 0 Å². The van der Waals surface area contributed by atoms with E-state index in [1.54, 1.807) is 0 Å². The zero-order valence-corrected chi connectivity index (χ0v) is 15.3. The molecule has 2 N–H and O–H groups in total. The maximum absolute atomic E-state index is 11.8. The highest BCUT2D eigenvalue weighted by Crippen LogP contribution is 2.21. The zero-order valence-electron chi connectivity index (χ0n) is 15.3. The smallest absolute Gasteiger partial charge is 0.257 e. The Labute approximate surface area is 150 Å². The predicted octanol–water partition coefficient (Wildman–Crippen LogP) is 3.63. The minimum Gasteiger partial charge on any atom is -0.484 e. The molecule has 0 aromatic heterocycles. The highest BCUT2D eigenvalue weighted by molar-refractivity contribution is 5.77. The molecule has 0 radical (unpaired) electrons. The Balaban J connectivity index is 1.68. The second-order valence-corrected chi connectivity index (χ2v) is 7.06. The minimum atomic E-state index is -0.0945. The fraction of sp³-hybridized carbons (Fsp3) is 0.381. The molecule has 0 aliphatic rings. The molecule has 4 heteroatoms. The molecule has 4 nitrogen and oxygen atoms in total. The third kappa shape index (κ3) is 7.40. The van der Waals surface area contributed by atoms with Gasteiger partial charge in [-0.05, 0) is 57.0 Å². The number of rotatable bonds is 8. The van der Waals surface area contributed by atoms with Crippen molar-refractivity contribution >= 4 is 5.91 Å². The van der Waals surface area contributed by atoms with Crippen molar-refractivity contribution < 1.29 is 9.53 Å². The Hall–Kier alpha value is -2.33. The van der Waals surface area contributed by atoms with Crippen LogP contribution in [0.1, 0.15) is 27.2 Å². The van der Waals surface area contributed by atoms with Gasteiger partial charge in [0.1, 0.15) is 5.75 Å². The van der Waals surface area contributed by atoms with Crippen molar-refractivity contribution in [2.75, 3.05) is 19.7 Å². The maximum Gasteiger partial charge on any atom is 0.257 e. The molecule has 2 aromatic rings. The molecule has 2 aromatic carbocycles. The first-order valence-corrected chi connectivity index (χ1v) is 8.74. The van der Waals surface area contributed by atoms with Crippen molar-refractivity contribution in [2.45, 2.75) is 32.7 Å². The van der Waals surface area contributed by atoms with E-state index in [0.717, 1.165) is 24.1 Å². The molecule has 0 fully saturated rings. The number of ether oxygens (including phenoxy) is 1. The Kier molecular flexibility index (Phi) is 7.02. The minimum absolute atomic E-state index is 0.0391. The van der Waals surface area contributed by atoms with Gasteiger partial charge in [0.25, 0.3) is 5.91 Å². The number of hydrogen-bond acceptors (Lipinski definition) is 3. The van der Waals surface area contributed by atoms with Crippen LogP contribution in [0.25, 0.3) is 11.1 Å². The third-order valence-corrected chi connectivity index (χ3v) is 3.66. The third-order valence-electron chi connectivity index (χ3n) is 3.66. The fourth-order valence-corrected chi connectivity index (χ4v) is 2.35. The summed E-state index contributed by atoms with van der Waals surface area (Å²) in [5.41, 5.74) is 2.40. The molecular weight excluding hydrogens is 312 g/mol. The van der Waals surface area contributed by atoms with E-state index >= 15 is 0 Å². The number of benzene rings is 2. The summed E-state index contributed by atoms with van der Waals surface area (Å²) in [6.07, 6.45) is 0.898. The van der Waals surface area contributed by atoms with Crippen molar-refractivity contribution in [3.63, 3.8) is 0 Å². The van der Waals surface area contributed by atoms with Gasteiger partial charge >= 0.3 is 0 Å². The quantitative estimate of drug-likeness (QED) is 0.722. The lowest BCUT2D eigenvalue weighted by molar-refractivity contribution is -0.123. The first-order chi connectivity index (χ1) is 11.9. The van der Waals surface area contributed by atoms with Gasteiger partial charge in [0.15, 0.2) is 6.61 Å². The molecule has 0 unspecified atom stereocenters. The summed E-state index contributed by atoms with van der Waals surface area (Å²) < 4.78 is 5.54. The second kappa shape index (κ2) is 9.23. The lowest BCUT2D eigenvalue weighted by atomic mass is 10.1. The lowest BCUT2D eigenvalue weighted by Crippen LogP contribution is -2.38. The van der Waals surface area contributed by atoms with Gasteiger partial charge < -0.3 is 15.4 Å². The Morgan fingerprint density at radius 2 is 1.56 bits per heavy atom. The summed E-state index contributed by atoms with van der Waals surface area (Å²) in [5.74, 6) is 0.604. The monoisotopic (exact) mass is 340 g/mol. The summed E-state index contributed by atoms with van der Waals surface area (Å²) >= 11 is 0. The average Bonchev–Trinajstić information content (AvgIpc) is 2.60. The van der Waals surface area contributed by atoms with E-state index < -0.39 is 0 Å². The molecule has 134 valence electrons. The van der Waals surface area contributed by atoms with Crippen LogP contribution in [0.4, 0.5) is 0 Å². The first kappa shape index (κ1) is 19.0. The molecule has 0 saturated heterocycles. The second-order valence-electron chi connectivity index (χ2n) is 7.06. The SMILES string of the molecule is CC(C)(C)NCCCNC(=O)COc1ccc(-c2ccccc2)cc1. The molecule has 0 spiro atoms. The van der Waals surface area contributed by atoms with Gasteiger partial charge in [-0.15, -0.1) is 0 Å². The summed E-state index contributed by atoms with van der Waals surface area (Å²) in [6.45, 7) is 7.95. The molecule has 0 aliphatic carbocycles. The summed E-state index contributed by atoms with van der Waals surface area (Å²) in [6, 6.07) is 17.9. The van der Waals surface area contributed by atoms with E-state index in [1.165, 1.54) is 0 Å². The van der Waals surface area contributed by atoms with E-state index in [0.29, 0.717) is 12.3 Å². The number of carbonyl (C=O) groups is 1. The van der Waals surface area contributed by atoms with Crippen molar-refractivity contribution in [2.24, 2.45) is 0 Å². The summed E-state index contributed by atoms with van der Waals surface area (Å²) in [5, 5.41) is 6.26. The van der Waals surface area contributed by atoms with Crippen LogP contribution in [0.3, 0.4) is 0 Å². The van der Waals surface area contributed by atoms with E-state index in [1.807, 2.05) is 42.5 Å². The topological polar surface area (TPSA) is 50.4 Å². The Bertz CT molecular complexity index is 646. The first-order valence-electron chi connectivity index (χ1n) is 8.74. The van der Waals surface area contributed by atoms with Crippen molar-refractivity contribution in [1.29, 1.82) is 0 Å². The van der Waals surface area contributed by atoms with Crippen LogP contribution in [0, 0.1) is 0 Å². The number of hydrogen-bond donors (Lipinski definition) is 2. The number of nitrogens with one attached hydrogen (secondary N) is 2. The van der Waals surface area contributed by atoms with Gasteiger partial charge in [0.05, 0.1) is 0 Å². The largest absolute Gasteiger partial charge is 0.484 e. The summed E-state index contributed by atoms with van der Waals surface area (Å²) in [7, 11) is 0. The predicted molar refractivity (Wildman–Crippen MR) is 103 cm³/mol. The van der Waals surface area contributed by atoms with E-state index in [9.17, 15) is 4.79 Å². The van der Waals surface area contributed by atoms with Crippen LogP contribution < -0.4 is 15.4 Å². The van der Waals surface area contributed by atoms with Crippen LogP contribution in [0.5, 0.6) is 5.75 Å². The van der Waals surface area contributed by atoms with Gasteiger partial charge in [-0.25, -0.2) is 0 Å². The molecular formula is C21H28N2O2. The van der Waals surface area contributed by atoms with Crippen molar-refractivity contribution in [3.8, 4) is 16.9 Å².